The smallest absolute Gasteiger partial charge is 0.337 e. The zero-order valence-corrected chi connectivity index (χ0v) is 11.9. The van der Waals surface area contributed by atoms with Crippen LogP contribution in [0.3, 0.4) is 0 Å². The molecule has 100 valence electrons. The van der Waals surface area contributed by atoms with Crippen LogP contribution in [0.2, 0.25) is 0 Å². The monoisotopic (exact) mass is 326 g/mol. The van der Waals surface area contributed by atoms with Crippen LogP contribution in [0.1, 0.15) is 22.1 Å². The summed E-state index contributed by atoms with van der Waals surface area (Å²) in [6, 6.07) is 4.92. The van der Waals surface area contributed by atoms with Crippen molar-refractivity contribution in [3.8, 4) is 5.75 Å². The fraction of sp³-hybridized carbons (Fsp3) is 0.250. The molecule has 0 fully saturated rings. The molecule has 0 bridgehead atoms. The van der Waals surface area contributed by atoms with E-state index in [9.17, 15) is 4.79 Å². The van der Waals surface area contributed by atoms with Gasteiger partial charge in [-0.1, -0.05) is 5.16 Å². The standard InChI is InChI=1S/C12H11BrN2O4/c1-7-14-11(15-19-7)6-18-10-4-3-8(5-9(10)13)12(16)17-2/h3-5H,6H2,1-2H3. The van der Waals surface area contributed by atoms with Crippen molar-refractivity contribution >= 4 is 21.9 Å². The second-order valence-electron chi connectivity index (χ2n) is 3.66. The molecule has 2 rings (SSSR count). The van der Waals surface area contributed by atoms with Gasteiger partial charge in [0.15, 0.2) is 6.61 Å². The molecular formula is C12H11BrN2O4. The third kappa shape index (κ3) is 3.31. The Balaban J connectivity index is 2.07. The van der Waals surface area contributed by atoms with Crippen molar-refractivity contribution < 1.29 is 18.8 Å². The van der Waals surface area contributed by atoms with Crippen molar-refractivity contribution in [3.05, 3.63) is 40.0 Å². The summed E-state index contributed by atoms with van der Waals surface area (Å²) in [5.74, 6) is 1.12. The number of benzene rings is 1. The van der Waals surface area contributed by atoms with Crippen LogP contribution in [0, 0.1) is 6.92 Å². The van der Waals surface area contributed by atoms with E-state index >= 15 is 0 Å². The third-order valence-corrected chi connectivity index (χ3v) is 2.90. The topological polar surface area (TPSA) is 74.5 Å². The SMILES string of the molecule is COC(=O)c1ccc(OCc2noc(C)n2)c(Br)c1. The number of carbonyl (C=O) groups excluding carboxylic acids is 1. The van der Waals surface area contributed by atoms with Crippen LogP contribution in [-0.4, -0.2) is 23.2 Å². The van der Waals surface area contributed by atoms with Crippen molar-refractivity contribution in [2.24, 2.45) is 0 Å². The lowest BCUT2D eigenvalue weighted by molar-refractivity contribution is 0.0600. The van der Waals surface area contributed by atoms with Gasteiger partial charge in [0.25, 0.3) is 0 Å². The second-order valence-corrected chi connectivity index (χ2v) is 4.51. The molecule has 0 N–H and O–H groups in total. The fourth-order valence-electron chi connectivity index (χ4n) is 1.40. The molecule has 1 aromatic heterocycles. The van der Waals surface area contributed by atoms with E-state index in [0.717, 1.165) is 0 Å². The lowest BCUT2D eigenvalue weighted by Crippen LogP contribution is -2.02. The number of rotatable bonds is 4. The first-order chi connectivity index (χ1) is 9.10. The highest BCUT2D eigenvalue weighted by atomic mass is 79.9. The van der Waals surface area contributed by atoms with E-state index in [1.54, 1.807) is 25.1 Å². The van der Waals surface area contributed by atoms with E-state index in [2.05, 4.69) is 30.8 Å². The summed E-state index contributed by atoms with van der Waals surface area (Å²) in [5, 5.41) is 3.72. The van der Waals surface area contributed by atoms with Crippen LogP contribution >= 0.6 is 15.9 Å². The molecule has 0 aliphatic carbocycles. The molecule has 1 aromatic carbocycles. The number of ether oxygens (including phenoxy) is 2. The summed E-state index contributed by atoms with van der Waals surface area (Å²) in [7, 11) is 1.33. The maximum Gasteiger partial charge on any atom is 0.337 e. The number of aromatic nitrogens is 2. The molecule has 0 amide bonds. The lowest BCUT2D eigenvalue weighted by Gasteiger charge is -2.07. The molecule has 0 unspecified atom stereocenters. The number of nitrogens with zero attached hydrogens (tertiary/aromatic N) is 2. The molecule has 6 nitrogen and oxygen atoms in total. The lowest BCUT2D eigenvalue weighted by atomic mass is 10.2. The minimum Gasteiger partial charge on any atom is -0.484 e. The zero-order valence-electron chi connectivity index (χ0n) is 10.3. The fourth-order valence-corrected chi connectivity index (χ4v) is 1.90. The second kappa shape index (κ2) is 5.83. The Hall–Kier alpha value is -1.89. The summed E-state index contributed by atoms with van der Waals surface area (Å²) in [5.41, 5.74) is 0.442. The third-order valence-electron chi connectivity index (χ3n) is 2.28. The summed E-state index contributed by atoms with van der Waals surface area (Å²) < 4.78 is 15.6. The Labute approximate surface area is 117 Å². The first-order valence-corrected chi connectivity index (χ1v) is 6.19. The van der Waals surface area contributed by atoms with Crippen molar-refractivity contribution in [1.82, 2.24) is 10.1 Å². The molecular weight excluding hydrogens is 316 g/mol. The van der Waals surface area contributed by atoms with E-state index in [-0.39, 0.29) is 6.61 Å². The minimum atomic E-state index is -0.402. The molecule has 0 aliphatic rings. The number of carbonyl (C=O) groups is 1. The molecule has 0 atom stereocenters. The zero-order chi connectivity index (χ0) is 13.8. The van der Waals surface area contributed by atoms with Gasteiger partial charge in [0.1, 0.15) is 5.75 Å². The quantitative estimate of drug-likeness (QED) is 0.803. The van der Waals surface area contributed by atoms with Gasteiger partial charge in [0.2, 0.25) is 11.7 Å². The molecule has 0 radical (unpaired) electrons. The number of halogens is 1. The molecule has 0 spiro atoms. The van der Waals surface area contributed by atoms with Gasteiger partial charge in [-0.2, -0.15) is 4.98 Å². The largest absolute Gasteiger partial charge is 0.484 e. The van der Waals surface area contributed by atoms with E-state index in [0.29, 0.717) is 27.5 Å². The summed E-state index contributed by atoms with van der Waals surface area (Å²) >= 11 is 3.33. The highest BCUT2D eigenvalue weighted by molar-refractivity contribution is 9.10. The van der Waals surface area contributed by atoms with E-state index in [4.69, 9.17) is 9.26 Å². The molecule has 0 saturated carbocycles. The Morgan fingerprint density at radius 2 is 2.26 bits per heavy atom. The first-order valence-electron chi connectivity index (χ1n) is 5.40. The predicted molar refractivity (Wildman–Crippen MR) is 68.8 cm³/mol. The van der Waals surface area contributed by atoms with Crippen LogP contribution in [-0.2, 0) is 11.3 Å². The predicted octanol–water partition coefficient (Wildman–Crippen LogP) is 2.51. The van der Waals surface area contributed by atoms with E-state index in [1.807, 2.05) is 0 Å². The maximum atomic E-state index is 11.3. The molecule has 0 saturated heterocycles. The first kappa shape index (κ1) is 13.5. The highest BCUT2D eigenvalue weighted by Gasteiger charge is 2.10. The average Bonchev–Trinajstić information content (AvgIpc) is 2.82. The van der Waals surface area contributed by atoms with Crippen LogP contribution in [0.15, 0.2) is 27.2 Å². The number of esters is 1. The van der Waals surface area contributed by atoms with Gasteiger partial charge in [0, 0.05) is 6.92 Å². The van der Waals surface area contributed by atoms with Gasteiger partial charge in [-0.15, -0.1) is 0 Å². The number of methoxy groups -OCH3 is 1. The molecule has 0 aliphatic heterocycles. The van der Waals surface area contributed by atoms with E-state index in [1.165, 1.54) is 7.11 Å². The Bertz CT molecular complexity index is 597. The van der Waals surface area contributed by atoms with Crippen LogP contribution in [0.5, 0.6) is 5.75 Å². The van der Waals surface area contributed by atoms with Crippen LogP contribution < -0.4 is 4.74 Å². The van der Waals surface area contributed by atoms with E-state index < -0.39 is 5.97 Å². The summed E-state index contributed by atoms with van der Waals surface area (Å²) in [6.45, 7) is 1.89. The normalized spacial score (nSPS) is 10.3. The van der Waals surface area contributed by atoms with Crippen molar-refractivity contribution in [3.63, 3.8) is 0 Å². The van der Waals surface area contributed by atoms with Crippen molar-refractivity contribution in [1.29, 1.82) is 0 Å². The summed E-state index contributed by atoms with van der Waals surface area (Å²) in [6.07, 6.45) is 0. The van der Waals surface area contributed by atoms with Crippen molar-refractivity contribution in [2.75, 3.05) is 7.11 Å². The average molecular weight is 327 g/mol. The molecule has 2 aromatic rings. The van der Waals surface area contributed by atoms with Gasteiger partial charge in [0.05, 0.1) is 17.1 Å². The van der Waals surface area contributed by atoms with Crippen molar-refractivity contribution in [2.45, 2.75) is 13.5 Å². The number of hydrogen-bond acceptors (Lipinski definition) is 6. The summed E-state index contributed by atoms with van der Waals surface area (Å²) in [4.78, 5) is 15.4. The minimum absolute atomic E-state index is 0.188. The van der Waals surface area contributed by atoms with Gasteiger partial charge in [-0.25, -0.2) is 4.79 Å². The highest BCUT2D eigenvalue weighted by Crippen LogP contribution is 2.26. The molecule has 19 heavy (non-hydrogen) atoms. The maximum absolute atomic E-state index is 11.3. The Kier molecular flexibility index (Phi) is 4.16. The van der Waals surface area contributed by atoms with Crippen LogP contribution in [0.4, 0.5) is 0 Å². The van der Waals surface area contributed by atoms with Gasteiger partial charge >= 0.3 is 5.97 Å². The van der Waals surface area contributed by atoms with Gasteiger partial charge in [-0.05, 0) is 34.1 Å². The Morgan fingerprint density at radius 3 is 2.84 bits per heavy atom. The molecule has 1 heterocycles. The number of hydrogen-bond donors (Lipinski definition) is 0. The van der Waals surface area contributed by atoms with Crippen LogP contribution in [0.25, 0.3) is 0 Å². The van der Waals surface area contributed by atoms with Gasteiger partial charge < -0.3 is 14.0 Å². The van der Waals surface area contributed by atoms with Gasteiger partial charge in [-0.3, -0.25) is 0 Å². The molecule has 7 heteroatoms. The number of aryl methyl sites for hydroxylation is 1. The Morgan fingerprint density at radius 1 is 1.47 bits per heavy atom.